The largest absolute Gasteiger partial charge is 0.388 e. The van der Waals surface area contributed by atoms with E-state index >= 15 is 0 Å². The molecule has 7 heteroatoms. The summed E-state index contributed by atoms with van der Waals surface area (Å²) in [6.07, 6.45) is 5.23. The van der Waals surface area contributed by atoms with Gasteiger partial charge in [-0.25, -0.2) is 9.97 Å². The maximum absolute atomic E-state index is 10.6. The number of nitrogens with zero attached hydrogens (tertiary/aromatic N) is 4. The standard InChI is InChI=1S/C17H29N5O2/c1-21(2)16-11-15(18-13-19-16)20-14-3-7-22(8-4-14)12-17(23)5-9-24-10-6-17/h11,13-14,23H,3-10,12H2,1-2H3,(H,18,19,20). The molecule has 1 aromatic heterocycles. The third-order valence-corrected chi connectivity index (χ3v) is 4.99. The van der Waals surface area contributed by atoms with Crippen LogP contribution in [0.4, 0.5) is 11.6 Å². The Kier molecular flexibility index (Phi) is 5.53. The second-order valence-corrected chi connectivity index (χ2v) is 7.19. The lowest BCUT2D eigenvalue weighted by Gasteiger charge is -2.40. The fourth-order valence-corrected chi connectivity index (χ4v) is 3.44. The number of nitrogens with one attached hydrogen (secondary N) is 1. The number of piperidine rings is 1. The van der Waals surface area contributed by atoms with Gasteiger partial charge in [0, 0.05) is 71.9 Å². The fraction of sp³-hybridized carbons (Fsp3) is 0.765. The molecule has 2 N–H and O–H groups in total. The van der Waals surface area contributed by atoms with Gasteiger partial charge in [-0.1, -0.05) is 0 Å². The average Bonchev–Trinajstić information content (AvgIpc) is 2.57. The van der Waals surface area contributed by atoms with Gasteiger partial charge in [0.05, 0.1) is 5.60 Å². The number of hydrogen-bond acceptors (Lipinski definition) is 7. The molecule has 2 fully saturated rings. The van der Waals surface area contributed by atoms with Crippen molar-refractivity contribution in [2.45, 2.75) is 37.3 Å². The van der Waals surface area contributed by atoms with Gasteiger partial charge in [-0.3, -0.25) is 0 Å². The molecule has 2 aliphatic heterocycles. The van der Waals surface area contributed by atoms with E-state index in [1.165, 1.54) is 0 Å². The minimum Gasteiger partial charge on any atom is -0.388 e. The number of aromatic nitrogens is 2. The number of β-amino-alcohol motifs (C(OH)–C–C–N with tert-alkyl or cyclic N) is 1. The van der Waals surface area contributed by atoms with Crippen molar-refractivity contribution < 1.29 is 9.84 Å². The van der Waals surface area contributed by atoms with E-state index in [9.17, 15) is 5.11 Å². The molecular weight excluding hydrogens is 306 g/mol. The maximum atomic E-state index is 10.6. The molecule has 7 nitrogen and oxygen atoms in total. The van der Waals surface area contributed by atoms with Crippen LogP contribution in [0.3, 0.4) is 0 Å². The van der Waals surface area contributed by atoms with Crippen molar-refractivity contribution in [3.05, 3.63) is 12.4 Å². The van der Waals surface area contributed by atoms with E-state index < -0.39 is 5.60 Å². The molecule has 0 amide bonds. The van der Waals surface area contributed by atoms with E-state index in [1.54, 1.807) is 6.33 Å². The molecule has 1 aromatic rings. The van der Waals surface area contributed by atoms with Crippen molar-refractivity contribution in [2.75, 3.05) is 57.2 Å². The van der Waals surface area contributed by atoms with E-state index in [4.69, 9.17) is 4.74 Å². The van der Waals surface area contributed by atoms with Crippen molar-refractivity contribution >= 4 is 11.6 Å². The van der Waals surface area contributed by atoms with E-state index in [-0.39, 0.29) is 0 Å². The van der Waals surface area contributed by atoms with E-state index in [2.05, 4.69) is 20.2 Å². The van der Waals surface area contributed by atoms with Crippen LogP contribution in [0.1, 0.15) is 25.7 Å². The highest BCUT2D eigenvalue weighted by Crippen LogP contribution is 2.24. The average molecular weight is 335 g/mol. The summed E-state index contributed by atoms with van der Waals surface area (Å²) < 4.78 is 5.36. The van der Waals surface area contributed by atoms with Gasteiger partial charge in [0.15, 0.2) is 0 Å². The number of hydrogen-bond donors (Lipinski definition) is 2. The SMILES string of the molecule is CN(C)c1cc(NC2CCN(CC3(O)CCOCC3)CC2)ncn1. The van der Waals surface area contributed by atoms with Crippen molar-refractivity contribution in [1.82, 2.24) is 14.9 Å². The van der Waals surface area contributed by atoms with Crippen LogP contribution in [0.5, 0.6) is 0 Å². The highest BCUT2D eigenvalue weighted by atomic mass is 16.5. The highest BCUT2D eigenvalue weighted by molar-refractivity contribution is 5.47. The molecule has 0 unspecified atom stereocenters. The molecule has 0 radical (unpaired) electrons. The van der Waals surface area contributed by atoms with Crippen molar-refractivity contribution in [3.8, 4) is 0 Å². The summed E-state index contributed by atoms with van der Waals surface area (Å²) in [6.45, 7) is 4.13. The zero-order chi connectivity index (χ0) is 17.0. The first-order valence-corrected chi connectivity index (χ1v) is 8.82. The molecule has 0 atom stereocenters. The predicted octanol–water partition coefficient (Wildman–Crippen LogP) is 0.960. The Morgan fingerprint density at radius 2 is 2.00 bits per heavy atom. The summed E-state index contributed by atoms with van der Waals surface area (Å²) in [4.78, 5) is 12.9. The highest BCUT2D eigenvalue weighted by Gasteiger charge is 2.33. The number of aliphatic hydroxyl groups is 1. The van der Waals surface area contributed by atoms with E-state index in [0.29, 0.717) is 19.3 Å². The molecule has 0 bridgehead atoms. The number of anilines is 2. The topological polar surface area (TPSA) is 73.8 Å². The summed E-state index contributed by atoms with van der Waals surface area (Å²) in [6, 6.07) is 2.41. The number of ether oxygens (including phenoxy) is 1. The quantitative estimate of drug-likeness (QED) is 0.830. The van der Waals surface area contributed by atoms with Gasteiger partial charge in [-0.2, -0.15) is 0 Å². The minimum atomic E-state index is -0.564. The molecule has 2 aliphatic rings. The summed E-state index contributed by atoms with van der Waals surface area (Å²) in [5, 5.41) is 14.2. The Morgan fingerprint density at radius 3 is 2.67 bits per heavy atom. The van der Waals surface area contributed by atoms with Crippen molar-refractivity contribution in [2.24, 2.45) is 0 Å². The van der Waals surface area contributed by atoms with Crippen LogP contribution in [0, 0.1) is 0 Å². The third-order valence-electron chi connectivity index (χ3n) is 4.99. The Labute approximate surface area is 144 Å². The van der Waals surface area contributed by atoms with Crippen LogP contribution in [-0.4, -0.2) is 78.6 Å². The first-order chi connectivity index (χ1) is 11.5. The summed E-state index contributed by atoms with van der Waals surface area (Å²) in [5.74, 6) is 1.79. The van der Waals surface area contributed by atoms with E-state index in [1.807, 2.05) is 25.1 Å². The Hall–Kier alpha value is -1.44. The van der Waals surface area contributed by atoms with Gasteiger partial charge < -0.3 is 25.0 Å². The molecule has 134 valence electrons. The smallest absolute Gasteiger partial charge is 0.133 e. The Bertz CT molecular complexity index is 525. The van der Waals surface area contributed by atoms with Gasteiger partial charge in [-0.15, -0.1) is 0 Å². The van der Waals surface area contributed by atoms with Gasteiger partial charge in [0.25, 0.3) is 0 Å². The van der Waals surface area contributed by atoms with Crippen molar-refractivity contribution in [1.29, 1.82) is 0 Å². The van der Waals surface area contributed by atoms with Crippen LogP contribution in [0.2, 0.25) is 0 Å². The molecule has 3 heterocycles. The van der Waals surface area contributed by atoms with Gasteiger partial charge in [-0.05, 0) is 12.8 Å². The van der Waals surface area contributed by atoms with Crippen LogP contribution in [0.15, 0.2) is 12.4 Å². The number of likely N-dealkylation sites (tertiary alicyclic amines) is 1. The van der Waals surface area contributed by atoms with Gasteiger partial charge in [0.2, 0.25) is 0 Å². The zero-order valence-electron chi connectivity index (χ0n) is 14.7. The second-order valence-electron chi connectivity index (χ2n) is 7.19. The van der Waals surface area contributed by atoms with E-state index in [0.717, 1.165) is 57.0 Å². The summed E-state index contributed by atoms with van der Waals surface area (Å²) in [5.41, 5.74) is -0.564. The summed E-state index contributed by atoms with van der Waals surface area (Å²) >= 11 is 0. The minimum absolute atomic E-state index is 0.426. The monoisotopic (exact) mass is 335 g/mol. The molecule has 0 spiro atoms. The van der Waals surface area contributed by atoms with Crippen LogP contribution < -0.4 is 10.2 Å². The molecule has 0 aromatic carbocycles. The number of rotatable bonds is 5. The molecular formula is C17H29N5O2. The van der Waals surface area contributed by atoms with Crippen molar-refractivity contribution in [3.63, 3.8) is 0 Å². The lowest BCUT2D eigenvalue weighted by Crippen LogP contribution is -2.50. The zero-order valence-corrected chi connectivity index (χ0v) is 14.7. The maximum Gasteiger partial charge on any atom is 0.133 e. The van der Waals surface area contributed by atoms with Crippen LogP contribution >= 0.6 is 0 Å². The third kappa shape index (κ3) is 4.55. The molecule has 3 rings (SSSR count). The Balaban J connectivity index is 1.47. The molecule has 0 aliphatic carbocycles. The first kappa shape index (κ1) is 17.4. The predicted molar refractivity (Wildman–Crippen MR) is 94.4 cm³/mol. The van der Waals surface area contributed by atoms with Gasteiger partial charge in [0.1, 0.15) is 18.0 Å². The fourth-order valence-electron chi connectivity index (χ4n) is 3.44. The first-order valence-electron chi connectivity index (χ1n) is 8.82. The van der Waals surface area contributed by atoms with Crippen LogP contribution in [0.25, 0.3) is 0 Å². The summed E-state index contributed by atoms with van der Waals surface area (Å²) in [7, 11) is 3.96. The lowest BCUT2D eigenvalue weighted by molar-refractivity contribution is -0.0818. The lowest BCUT2D eigenvalue weighted by atomic mass is 9.92. The van der Waals surface area contributed by atoms with Crippen LogP contribution in [-0.2, 0) is 4.74 Å². The Morgan fingerprint density at radius 1 is 1.29 bits per heavy atom. The van der Waals surface area contributed by atoms with Gasteiger partial charge >= 0.3 is 0 Å². The molecule has 24 heavy (non-hydrogen) atoms. The normalized spacial score (nSPS) is 22.3. The molecule has 2 saturated heterocycles. The second kappa shape index (κ2) is 7.63. The molecule has 0 saturated carbocycles.